The summed E-state index contributed by atoms with van der Waals surface area (Å²) >= 11 is 0. The summed E-state index contributed by atoms with van der Waals surface area (Å²) in [6.45, 7) is 5.27. The van der Waals surface area contributed by atoms with Gasteiger partial charge in [-0.25, -0.2) is 18.4 Å². The highest BCUT2D eigenvalue weighted by molar-refractivity contribution is 7.89. The first-order valence-corrected chi connectivity index (χ1v) is 11.6. The number of nitrogens with zero attached hydrogens (tertiary/aromatic N) is 3. The number of nitrogens with two attached hydrogens (primary N) is 1. The minimum atomic E-state index is -3.93. The molecule has 2 heterocycles. The molecule has 31 heavy (non-hydrogen) atoms. The van der Waals surface area contributed by atoms with E-state index in [1.807, 2.05) is 0 Å². The Bertz CT molecular complexity index is 1050. The van der Waals surface area contributed by atoms with Crippen LogP contribution in [-0.4, -0.2) is 67.4 Å². The van der Waals surface area contributed by atoms with Gasteiger partial charge in [-0.3, -0.25) is 9.69 Å². The van der Waals surface area contributed by atoms with Gasteiger partial charge in [-0.05, 0) is 25.0 Å². The zero-order valence-corrected chi connectivity index (χ0v) is 18.6. The Morgan fingerprint density at radius 3 is 2.45 bits per heavy atom. The number of carbonyl (C=O) groups is 2. The van der Waals surface area contributed by atoms with Crippen LogP contribution in [0.1, 0.15) is 28.0 Å². The average Bonchev–Trinajstić information content (AvgIpc) is 2.97. The smallest absolute Gasteiger partial charge is 0.355 e. The Morgan fingerprint density at radius 2 is 1.81 bits per heavy atom. The Morgan fingerprint density at radius 1 is 1.10 bits per heavy atom. The molecule has 9 nitrogen and oxygen atoms in total. The van der Waals surface area contributed by atoms with E-state index in [0.29, 0.717) is 13.1 Å². The van der Waals surface area contributed by atoms with E-state index in [1.54, 1.807) is 4.90 Å². The number of ether oxygens (including phenoxy) is 1. The molecule has 0 bridgehead atoms. The van der Waals surface area contributed by atoms with Crippen molar-refractivity contribution in [3.05, 3.63) is 53.3 Å². The number of amides is 1. The molecule has 1 saturated heterocycles. The standard InChI is InChI=1S/C21H28N4O5S/c1-16-4-6-17(7-5-16)13-24-8-3-9-25(11-10-24)20(26)15-30-21(27)19-12-18(14-23(19)2)31(22,28)29/h4-7,12,14H,3,8-11,13,15H2,1-2H3,(H2,22,28,29). The minimum absolute atomic E-state index is 0.0111. The molecule has 1 aromatic heterocycles. The first kappa shape index (κ1) is 23.0. The summed E-state index contributed by atoms with van der Waals surface area (Å²) in [4.78, 5) is 28.6. The topological polar surface area (TPSA) is 115 Å². The molecule has 10 heteroatoms. The average molecular weight is 449 g/mol. The van der Waals surface area contributed by atoms with Gasteiger partial charge in [0.1, 0.15) is 10.6 Å². The third kappa shape index (κ3) is 6.16. The molecule has 0 unspecified atom stereocenters. The summed E-state index contributed by atoms with van der Waals surface area (Å²) < 4.78 is 29.3. The fraction of sp³-hybridized carbons (Fsp3) is 0.429. The summed E-state index contributed by atoms with van der Waals surface area (Å²) in [5, 5.41) is 5.08. The van der Waals surface area contributed by atoms with Crippen molar-refractivity contribution in [2.24, 2.45) is 12.2 Å². The van der Waals surface area contributed by atoms with E-state index in [1.165, 1.54) is 28.9 Å². The van der Waals surface area contributed by atoms with E-state index < -0.39 is 22.6 Å². The van der Waals surface area contributed by atoms with Crippen LogP contribution in [-0.2, 0) is 33.1 Å². The second kappa shape index (κ2) is 9.63. The molecular weight excluding hydrogens is 420 g/mol. The summed E-state index contributed by atoms with van der Waals surface area (Å²) in [5.74, 6) is -1.05. The van der Waals surface area contributed by atoms with Crippen molar-refractivity contribution in [1.29, 1.82) is 0 Å². The number of carbonyl (C=O) groups excluding carboxylic acids is 2. The van der Waals surface area contributed by atoms with Gasteiger partial charge < -0.3 is 14.2 Å². The van der Waals surface area contributed by atoms with Gasteiger partial charge in [0.25, 0.3) is 5.91 Å². The Hall–Kier alpha value is -2.69. The first-order chi connectivity index (χ1) is 14.6. The normalized spacial score (nSPS) is 15.5. The van der Waals surface area contributed by atoms with Crippen molar-refractivity contribution in [3.8, 4) is 0 Å². The monoisotopic (exact) mass is 448 g/mol. The molecule has 168 valence electrons. The third-order valence-corrected chi connectivity index (χ3v) is 6.19. The van der Waals surface area contributed by atoms with Gasteiger partial charge in [0, 0.05) is 46.0 Å². The fourth-order valence-electron chi connectivity index (χ4n) is 3.52. The molecule has 0 aliphatic carbocycles. The largest absolute Gasteiger partial charge is 0.451 e. The van der Waals surface area contributed by atoms with E-state index in [4.69, 9.17) is 9.88 Å². The van der Waals surface area contributed by atoms with Crippen LogP contribution in [0.25, 0.3) is 0 Å². The molecule has 3 rings (SSSR count). The molecule has 2 N–H and O–H groups in total. The molecular formula is C21H28N4O5S. The fourth-order valence-corrected chi connectivity index (χ4v) is 4.10. The van der Waals surface area contributed by atoms with Crippen molar-refractivity contribution in [1.82, 2.24) is 14.4 Å². The maximum atomic E-state index is 12.5. The second-order valence-electron chi connectivity index (χ2n) is 7.79. The van der Waals surface area contributed by atoms with Gasteiger partial charge in [0.05, 0.1) is 0 Å². The summed E-state index contributed by atoms with van der Waals surface area (Å²) in [6.07, 6.45) is 2.06. The lowest BCUT2D eigenvalue weighted by Gasteiger charge is -2.22. The van der Waals surface area contributed by atoms with Crippen molar-refractivity contribution in [2.75, 3.05) is 32.8 Å². The Balaban J connectivity index is 1.51. The number of benzene rings is 1. The zero-order chi connectivity index (χ0) is 22.6. The van der Waals surface area contributed by atoms with E-state index in [9.17, 15) is 18.0 Å². The molecule has 1 fully saturated rings. The van der Waals surface area contributed by atoms with Crippen LogP contribution in [0.2, 0.25) is 0 Å². The lowest BCUT2D eigenvalue weighted by molar-refractivity contribution is -0.134. The number of hydrogen-bond acceptors (Lipinski definition) is 6. The summed E-state index contributed by atoms with van der Waals surface area (Å²) in [7, 11) is -2.42. The highest BCUT2D eigenvalue weighted by Crippen LogP contribution is 2.14. The summed E-state index contributed by atoms with van der Waals surface area (Å²) in [6, 6.07) is 9.56. The van der Waals surface area contributed by atoms with Gasteiger partial charge in [0.15, 0.2) is 6.61 Å². The van der Waals surface area contributed by atoms with Crippen molar-refractivity contribution < 1.29 is 22.7 Å². The van der Waals surface area contributed by atoms with E-state index in [-0.39, 0.29) is 16.5 Å². The molecule has 0 saturated carbocycles. The van der Waals surface area contributed by atoms with Crippen LogP contribution in [0, 0.1) is 6.92 Å². The van der Waals surface area contributed by atoms with E-state index in [2.05, 4.69) is 36.1 Å². The number of aromatic nitrogens is 1. The molecule has 1 amide bonds. The number of rotatable bonds is 6. The van der Waals surface area contributed by atoms with Crippen LogP contribution in [0.15, 0.2) is 41.4 Å². The van der Waals surface area contributed by atoms with Crippen molar-refractivity contribution in [3.63, 3.8) is 0 Å². The second-order valence-corrected chi connectivity index (χ2v) is 9.35. The van der Waals surface area contributed by atoms with Gasteiger partial charge >= 0.3 is 5.97 Å². The zero-order valence-electron chi connectivity index (χ0n) is 17.8. The lowest BCUT2D eigenvalue weighted by atomic mass is 10.1. The van der Waals surface area contributed by atoms with Crippen molar-refractivity contribution in [2.45, 2.75) is 24.8 Å². The molecule has 2 aromatic rings. The predicted octanol–water partition coefficient (Wildman–Crippen LogP) is 0.872. The van der Waals surface area contributed by atoms with Crippen molar-refractivity contribution >= 4 is 21.9 Å². The Kier molecular flexibility index (Phi) is 7.14. The maximum Gasteiger partial charge on any atom is 0.355 e. The van der Waals surface area contributed by atoms with Crippen LogP contribution in [0.3, 0.4) is 0 Å². The van der Waals surface area contributed by atoms with Gasteiger partial charge in [0.2, 0.25) is 10.0 Å². The molecule has 0 radical (unpaired) electrons. The molecule has 0 spiro atoms. The third-order valence-electron chi connectivity index (χ3n) is 5.31. The molecule has 1 aromatic carbocycles. The molecule has 0 atom stereocenters. The number of sulfonamides is 1. The van der Waals surface area contributed by atoms with Crippen LogP contribution >= 0.6 is 0 Å². The van der Waals surface area contributed by atoms with Gasteiger partial charge in [-0.15, -0.1) is 0 Å². The number of aryl methyl sites for hydroxylation is 2. The highest BCUT2D eigenvalue weighted by Gasteiger charge is 2.23. The van der Waals surface area contributed by atoms with E-state index in [0.717, 1.165) is 32.1 Å². The molecule has 1 aliphatic heterocycles. The first-order valence-electron chi connectivity index (χ1n) is 10.1. The van der Waals surface area contributed by atoms with Crippen LogP contribution in [0.5, 0.6) is 0 Å². The van der Waals surface area contributed by atoms with E-state index >= 15 is 0 Å². The Labute approximate surface area is 182 Å². The maximum absolute atomic E-state index is 12.5. The lowest BCUT2D eigenvalue weighted by Crippen LogP contribution is -2.37. The van der Waals surface area contributed by atoms with Gasteiger partial charge in [-0.1, -0.05) is 29.8 Å². The van der Waals surface area contributed by atoms with Gasteiger partial charge in [-0.2, -0.15) is 0 Å². The SMILES string of the molecule is Cc1ccc(CN2CCCN(C(=O)COC(=O)c3cc(S(N)(=O)=O)cn3C)CC2)cc1. The minimum Gasteiger partial charge on any atom is -0.451 e. The quantitative estimate of drug-likeness (QED) is 0.656. The summed E-state index contributed by atoms with van der Waals surface area (Å²) in [5.41, 5.74) is 2.47. The van der Waals surface area contributed by atoms with Crippen LogP contribution < -0.4 is 5.14 Å². The number of primary sulfonamides is 1. The number of esters is 1. The predicted molar refractivity (Wildman–Crippen MR) is 115 cm³/mol. The molecule has 1 aliphatic rings. The van der Waals surface area contributed by atoms with Crippen LogP contribution in [0.4, 0.5) is 0 Å². The number of hydrogen-bond donors (Lipinski definition) is 1. The highest BCUT2D eigenvalue weighted by atomic mass is 32.2.